The zero-order valence-electron chi connectivity index (χ0n) is 13.3. The topological polar surface area (TPSA) is 71.3 Å². The van der Waals surface area contributed by atoms with Gasteiger partial charge in [-0.2, -0.15) is 5.26 Å². The summed E-state index contributed by atoms with van der Waals surface area (Å²) in [6.07, 6.45) is -0.958. The summed E-state index contributed by atoms with van der Waals surface area (Å²) in [5, 5.41) is 11.7. The number of carbonyl (C=O) groups is 1. The van der Waals surface area contributed by atoms with Crippen LogP contribution < -0.4 is 14.8 Å². The van der Waals surface area contributed by atoms with Crippen LogP contribution >= 0.6 is 23.2 Å². The number of rotatable bonds is 5. The van der Waals surface area contributed by atoms with Crippen molar-refractivity contribution < 1.29 is 18.7 Å². The second-order valence-corrected chi connectivity index (χ2v) is 5.79. The minimum Gasteiger partial charge on any atom is -0.493 e. The fourth-order valence-corrected chi connectivity index (χ4v) is 2.42. The van der Waals surface area contributed by atoms with Crippen LogP contribution in [-0.4, -0.2) is 19.1 Å². The zero-order chi connectivity index (χ0) is 18.6. The lowest BCUT2D eigenvalue weighted by Crippen LogP contribution is -2.30. The van der Waals surface area contributed by atoms with Crippen molar-refractivity contribution in [1.82, 2.24) is 0 Å². The fraction of sp³-hybridized carbons (Fsp3) is 0.176. The van der Waals surface area contributed by atoms with Gasteiger partial charge in [-0.25, -0.2) is 4.39 Å². The lowest BCUT2D eigenvalue weighted by Gasteiger charge is -2.18. The van der Waals surface area contributed by atoms with E-state index >= 15 is 0 Å². The number of hydrogen-bond acceptors (Lipinski definition) is 4. The Bertz CT molecular complexity index is 853. The van der Waals surface area contributed by atoms with Gasteiger partial charge in [-0.3, -0.25) is 4.79 Å². The van der Waals surface area contributed by atoms with Crippen molar-refractivity contribution >= 4 is 34.8 Å². The lowest BCUT2D eigenvalue weighted by atomic mass is 10.2. The Labute approximate surface area is 153 Å². The molecule has 8 heteroatoms. The normalized spacial score (nSPS) is 11.4. The van der Waals surface area contributed by atoms with Crippen molar-refractivity contribution in [3.05, 3.63) is 51.8 Å². The average molecular weight is 383 g/mol. The molecule has 130 valence electrons. The first-order valence-corrected chi connectivity index (χ1v) is 7.81. The van der Waals surface area contributed by atoms with E-state index < -0.39 is 17.8 Å². The Morgan fingerprint density at radius 2 is 2.00 bits per heavy atom. The average Bonchev–Trinajstić information content (AvgIpc) is 2.58. The summed E-state index contributed by atoms with van der Waals surface area (Å²) in [7, 11) is 1.39. The van der Waals surface area contributed by atoms with Gasteiger partial charge in [0.15, 0.2) is 17.6 Å². The van der Waals surface area contributed by atoms with E-state index in [2.05, 4.69) is 5.32 Å². The maximum Gasteiger partial charge on any atom is 0.265 e. The second-order valence-electron chi connectivity index (χ2n) is 4.97. The molecule has 0 spiro atoms. The summed E-state index contributed by atoms with van der Waals surface area (Å²) in [4.78, 5) is 12.3. The third kappa shape index (κ3) is 4.53. The number of methoxy groups -OCH3 is 1. The number of nitrogens with zero attached hydrogens (tertiary/aromatic N) is 1. The van der Waals surface area contributed by atoms with Crippen LogP contribution in [0.4, 0.5) is 10.1 Å². The number of amides is 1. The molecule has 1 atom stereocenters. The van der Waals surface area contributed by atoms with Crippen molar-refractivity contribution in [2.24, 2.45) is 0 Å². The molecule has 25 heavy (non-hydrogen) atoms. The first-order valence-electron chi connectivity index (χ1n) is 7.06. The smallest absolute Gasteiger partial charge is 0.265 e. The molecule has 0 heterocycles. The molecule has 0 aromatic heterocycles. The quantitative estimate of drug-likeness (QED) is 0.830. The van der Waals surface area contributed by atoms with Crippen LogP contribution in [0.5, 0.6) is 11.5 Å². The zero-order valence-corrected chi connectivity index (χ0v) is 14.8. The van der Waals surface area contributed by atoms with Gasteiger partial charge in [-0.05, 0) is 31.2 Å². The molecule has 0 aliphatic heterocycles. The van der Waals surface area contributed by atoms with E-state index in [1.54, 1.807) is 0 Å². The van der Waals surface area contributed by atoms with Gasteiger partial charge in [0.25, 0.3) is 5.91 Å². The highest BCUT2D eigenvalue weighted by molar-refractivity contribution is 6.33. The SMILES string of the molecule is COc1cc(C#N)cc(Cl)c1O[C@H](C)C(=O)Nc1ccc(F)cc1Cl. The lowest BCUT2D eigenvalue weighted by molar-refractivity contribution is -0.122. The number of hydrogen-bond donors (Lipinski definition) is 1. The molecule has 0 saturated carbocycles. The van der Waals surface area contributed by atoms with Gasteiger partial charge in [0.1, 0.15) is 5.82 Å². The number of ether oxygens (including phenoxy) is 2. The van der Waals surface area contributed by atoms with Gasteiger partial charge in [0, 0.05) is 6.07 Å². The van der Waals surface area contributed by atoms with Gasteiger partial charge >= 0.3 is 0 Å². The van der Waals surface area contributed by atoms with Gasteiger partial charge in [0.05, 0.1) is 34.5 Å². The van der Waals surface area contributed by atoms with Gasteiger partial charge in [-0.15, -0.1) is 0 Å². The summed E-state index contributed by atoms with van der Waals surface area (Å²) in [6, 6.07) is 8.40. The molecule has 1 amide bonds. The summed E-state index contributed by atoms with van der Waals surface area (Å²) in [6.45, 7) is 1.50. The van der Waals surface area contributed by atoms with Crippen LogP contribution in [0, 0.1) is 17.1 Å². The minimum absolute atomic E-state index is 0.0644. The van der Waals surface area contributed by atoms with Gasteiger partial charge in [-0.1, -0.05) is 23.2 Å². The van der Waals surface area contributed by atoms with E-state index in [0.29, 0.717) is 5.56 Å². The molecular formula is C17H13Cl2FN2O3. The fourth-order valence-electron chi connectivity index (χ4n) is 1.95. The summed E-state index contributed by atoms with van der Waals surface area (Å²) in [5.74, 6) is -0.670. The molecule has 0 unspecified atom stereocenters. The van der Waals surface area contributed by atoms with Gasteiger partial charge in [0.2, 0.25) is 0 Å². The van der Waals surface area contributed by atoms with Crippen molar-refractivity contribution in [2.75, 3.05) is 12.4 Å². The molecule has 0 radical (unpaired) electrons. The molecule has 0 bridgehead atoms. The van der Waals surface area contributed by atoms with Crippen molar-refractivity contribution in [3.8, 4) is 17.6 Å². The Morgan fingerprint density at radius 1 is 1.28 bits per heavy atom. The predicted molar refractivity (Wildman–Crippen MR) is 92.8 cm³/mol. The third-order valence-electron chi connectivity index (χ3n) is 3.21. The van der Waals surface area contributed by atoms with E-state index in [-0.39, 0.29) is 27.2 Å². The Morgan fingerprint density at radius 3 is 2.60 bits per heavy atom. The molecule has 1 N–H and O–H groups in total. The van der Waals surface area contributed by atoms with Gasteiger partial charge < -0.3 is 14.8 Å². The van der Waals surface area contributed by atoms with Crippen LogP contribution in [0.3, 0.4) is 0 Å². The van der Waals surface area contributed by atoms with E-state index in [1.807, 2.05) is 6.07 Å². The minimum atomic E-state index is -0.958. The highest BCUT2D eigenvalue weighted by Gasteiger charge is 2.21. The number of benzene rings is 2. The summed E-state index contributed by atoms with van der Waals surface area (Å²) in [5.41, 5.74) is 0.547. The molecule has 0 saturated heterocycles. The standard InChI is InChI=1S/C17H13Cl2FN2O3/c1-9(17(23)22-14-4-3-11(20)7-12(14)18)25-16-13(19)5-10(8-21)6-15(16)24-2/h3-7,9H,1-2H3,(H,22,23)/t9-/m1/s1. The highest BCUT2D eigenvalue weighted by Crippen LogP contribution is 2.37. The van der Waals surface area contributed by atoms with E-state index in [4.69, 9.17) is 37.9 Å². The molecule has 2 aromatic carbocycles. The van der Waals surface area contributed by atoms with Crippen LogP contribution in [0.25, 0.3) is 0 Å². The van der Waals surface area contributed by atoms with E-state index in [1.165, 1.54) is 38.3 Å². The molecule has 5 nitrogen and oxygen atoms in total. The number of anilines is 1. The van der Waals surface area contributed by atoms with Crippen LogP contribution in [0.1, 0.15) is 12.5 Å². The van der Waals surface area contributed by atoms with Crippen LogP contribution in [0.15, 0.2) is 30.3 Å². The Balaban J connectivity index is 2.17. The predicted octanol–water partition coefficient (Wildman–Crippen LogP) is 4.42. The molecular weight excluding hydrogens is 370 g/mol. The number of halogens is 3. The maximum absolute atomic E-state index is 13.0. The first kappa shape index (κ1) is 18.8. The van der Waals surface area contributed by atoms with E-state index in [0.717, 1.165) is 6.07 Å². The maximum atomic E-state index is 13.0. The van der Waals surface area contributed by atoms with Crippen molar-refractivity contribution in [1.29, 1.82) is 5.26 Å². The summed E-state index contributed by atoms with van der Waals surface area (Å²) < 4.78 is 23.8. The second kappa shape index (κ2) is 8.06. The number of nitriles is 1. The van der Waals surface area contributed by atoms with Crippen molar-refractivity contribution in [2.45, 2.75) is 13.0 Å². The Kier molecular flexibility index (Phi) is 6.07. The monoisotopic (exact) mass is 382 g/mol. The number of nitrogens with one attached hydrogen (secondary N) is 1. The molecule has 2 rings (SSSR count). The van der Waals surface area contributed by atoms with E-state index in [9.17, 15) is 9.18 Å². The first-order chi connectivity index (χ1) is 11.8. The third-order valence-corrected chi connectivity index (χ3v) is 3.80. The molecule has 2 aromatic rings. The largest absolute Gasteiger partial charge is 0.493 e. The summed E-state index contributed by atoms with van der Waals surface area (Å²) >= 11 is 12.0. The Hall–Kier alpha value is -2.49. The number of carbonyl (C=O) groups excluding carboxylic acids is 1. The van der Waals surface area contributed by atoms with Crippen LogP contribution in [-0.2, 0) is 4.79 Å². The van der Waals surface area contributed by atoms with Crippen LogP contribution in [0.2, 0.25) is 10.0 Å². The molecule has 0 fully saturated rings. The molecule has 0 aliphatic rings. The van der Waals surface area contributed by atoms with Crippen molar-refractivity contribution in [3.63, 3.8) is 0 Å². The highest BCUT2D eigenvalue weighted by atomic mass is 35.5. The molecule has 0 aliphatic carbocycles.